The van der Waals surface area contributed by atoms with Crippen molar-refractivity contribution in [1.82, 2.24) is 0 Å². The number of benzene rings is 9. The van der Waals surface area contributed by atoms with E-state index in [0.717, 1.165) is 0 Å². The van der Waals surface area contributed by atoms with E-state index in [-0.39, 0.29) is 20.1 Å². The first kappa shape index (κ1) is 45.7. The summed E-state index contributed by atoms with van der Waals surface area (Å²) in [5.74, 6) is 0. The van der Waals surface area contributed by atoms with Crippen molar-refractivity contribution in [2.45, 2.75) is 0 Å². The molecule has 9 aromatic rings. The molecule has 0 bridgehead atoms. The minimum atomic E-state index is -0.446. The van der Waals surface area contributed by atoms with Gasteiger partial charge >= 0.3 is 11.3 Å². The van der Waals surface area contributed by atoms with E-state index < -0.39 is 23.8 Å². The summed E-state index contributed by atoms with van der Waals surface area (Å²) in [6.45, 7) is 4.50. The fraction of sp³-hybridized carbons (Fsp3) is 0. The molecule has 1 radical (unpaired) electrons. The molecule has 0 aliphatic rings. The van der Waals surface area contributed by atoms with E-state index in [4.69, 9.17) is 4.65 Å². The van der Waals surface area contributed by atoms with Crippen LogP contribution in [-0.4, -0.2) is 0 Å². The third kappa shape index (κ3) is 13.3. The van der Waals surface area contributed by atoms with Crippen molar-refractivity contribution in [2.24, 2.45) is 0 Å². The monoisotopic (exact) mass is 1010 g/mol. The first-order valence-corrected chi connectivity index (χ1v) is 23.4. The topological polar surface area (TPSA) is 19.9 Å². The Morgan fingerprint density at radius 1 is 0.183 bits per heavy atom. The zero-order valence-corrected chi connectivity index (χ0v) is 38.1. The molecule has 0 amide bonds. The van der Waals surface area contributed by atoms with Gasteiger partial charge in [-0.15, -0.1) is 0 Å². The van der Waals surface area contributed by atoms with Crippen LogP contribution in [0.1, 0.15) is 0 Å². The third-order valence-corrected chi connectivity index (χ3v) is 16.5. The van der Waals surface area contributed by atoms with Crippen molar-refractivity contribution < 1.29 is 24.8 Å². The Morgan fingerprint density at radius 2 is 0.267 bits per heavy atom. The van der Waals surface area contributed by atoms with Gasteiger partial charge in [0.2, 0.25) is 0 Å². The van der Waals surface area contributed by atoms with Crippen LogP contribution < -0.4 is 47.7 Å². The van der Waals surface area contributed by atoms with Crippen LogP contribution in [-0.2, 0) is 24.8 Å². The van der Waals surface area contributed by atoms with E-state index in [1.54, 1.807) is 0 Å². The van der Waals surface area contributed by atoms with E-state index in [0.29, 0.717) is 0 Å². The largest absolute Gasteiger partial charge is 0.0622 e. The Morgan fingerprint density at radius 3 is 0.350 bits per heavy atom. The Labute approximate surface area is 373 Å². The SMILES string of the molecule is [C-]#[O+].[Ir].c1ccc(P(c2ccccc2)c2ccccc2)cc1.c1ccc(P(c2ccccc2)c2ccccc2)cc1.c1ccc(P(c2ccccc2)c2ccccc2)cc1. The second kappa shape index (κ2) is 26.0. The summed E-state index contributed by atoms with van der Waals surface area (Å²) in [4.78, 5) is 0. The maximum Gasteiger partial charge on any atom is 0 e. The smallest absolute Gasteiger partial charge is 0 e. The van der Waals surface area contributed by atoms with Gasteiger partial charge < -0.3 is 0 Å². The van der Waals surface area contributed by atoms with Crippen LogP contribution in [0.2, 0.25) is 0 Å². The fourth-order valence-corrected chi connectivity index (χ4v) is 13.5. The molecule has 0 unspecified atom stereocenters. The molecular weight excluding hydrogens is 962 g/mol. The average molecular weight is 1010 g/mol. The van der Waals surface area contributed by atoms with Gasteiger partial charge in [0, 0.05) is 20.1 Å². The minimum absolute atomic E-state index is 0. The van der Waals surface area contributed by atoms with Gasteiger partial charge in [-0.2, -0.15) is 0 Å². The van der Waals surface area contributed by atoms with Crippen LogP contribution in [0.25, 0.3) is 0 Å². The molecule has 295 valence electrons. The molecule has 0 spiro atoms. The van der Waals surface area contributed by atoms with Gasteiger partial charge in [0.25, 0.3) is 0 Å². The Bertz CT molecular complexity index is 1920. The van der Waals surface area contributed by atoms with Gasteiger partial charge in [0.05, 0.1) is 0 Å². The van der Waals surface area contributed by atoms with Crippen molar-refractivity contribution in [3.8, 4) is 0 Å². The van der Waals surface area contributed by atoms with Gasteiger partial charge in [-0.1, -0.05) is 273 Å². The third-order valence-electron chi connectivity index (χ3n) is 9.13. The summed E-state index contributed by atoms with van der Waals surface area (Å²) in [7, 11) is -1.34. The van der Waals surface area contributed by atoms with Gasteiger partial charge in [0.15, 0.2) is 0 Å². The van der Waals surface area contributed by atoms with Gasteiger partial charge in [-0.3, -0.25) is 0 Å². The molecule has 0 aromatic heterocycles. The quantitative estimate of drug-likeness (QED) is 0.0780. The standard InChI is InChI=1S/3C18H15P.CO.Ir/c3*1-4-10-16(11-5-1)19(17-12-6-2-7-13-17)18-14-8-3-9-15-18;1-2;/h3*1-15H;;. The Hall–Kier alpha value is -5.34. The van der Waals surface area contributed by atoms with Crippen molar-refractivity contribution in [1.29, 1.82) is 0 Å². The average Bonchev–Trinajstić information content (AvgIpc) is 3.34. The van der Waals surface area contributed by atoms with Gasteiger partial charge in [-0.05, 0) is 71.5 Å². The molecule has 0 fully saturated rings. The minimum Gasteiger partial charge on any atom is -0.0622 e. The maximum absolute atomic E-state index is 7.50. The fourth-order valence-electron chi connectivity index (χ4n) is 6.54. The van der Waals surface area contributed by atoms with Crippen molar-refractivity contribution >= 4 is 71.5 Å². The summed E-state index contributed by atoms with van der Waals surface area (Å²) in [6, 6.07) is 97.0. The van der Waals surface area contributed by atoms with E-state index in [1.165, 1.54) is 47.7 Å². The normalized spacial score (nSPS) is 10.1. The van der Waals surface area contributed by atoms with Gasteiger partial charge in [0.1, 0.15) is 0 Å². The molecule has 0 aliphatic heterocycles. The molecule has 5 heteroatoms. The predicted molar refractivity (Wildman–Crippen MR) is 259 cm³/mol. The molecule has 9 aromatic carbocycles. The van der Waals surface area contributed by atoms with Crippen LogP contribution in [0, 0.1) is 6.65 Å². The molecule has 0 N–H and O–H groups in total. The number of hydrogen-bond acceptors (Lipinski definition) is 0. The number of hydrogen-bond donors (Lipinski definition) is 0. The second-order valence-corrected chi connectivity index (χ2v) is 19.7. The van der Waals surface area contributed by atoms with E-state index in [9.17, 15) is 0 Å². The zero-order chi connectivity index (χ0) is 40.7. The summed E-state index contributed by atoms with van der Waals surface area (Å²) in [5.41, 5.74) is 0. The summed E-state index contributed by atoms with van der Waals surface area (Å²) in [6.07, 6.45) is 0. The van der Waals surface area contributed by atoms with E-state index >= 15 is 0 Å². The van der Waals surface area contributed by atoms with E-state index in [1.807, 2.05) is 0 Å². The molecule has 0 atom stereocenters. The Balaban J connectivity index is 0.000000166. The predicted octanol–water partition coefficient (Wildman–Crippen LogP) is 10.3. The van der Waals surface area contributed by atoms with Crippen molar-refractivity contribution in [2.75, 3.05) is 0 Å². The van der Waals surface area contributed by atoms with Crippen LogP contribution in [0.4, 0.5) is 0 Å². The number of rotatable bonds is 9. The molecule has 60 heavy (non-hydrogen) atoms. The zero-order valence-electron chi connectivity index (χ0n) is 33.1. The summed E-state index contributed by atoms with van der Waals surface area (Å²) >= 11 is 0. The van der Waals surface area contributed by atoms with Crippen molar-refractivity contribution in [3.05, 3.63) is 280 Å². The van der Waals surface area contributed by atoms with Crippen LogP contribution in [0.3, 0.4) is 0 Å². The molecule has 0 aliphatic carbocycles. The molecule has 0 heterocycles. The van der Waals surface area contributed by atoms with Crippen LogP contribution in [0.5, 0.6) is 0 Å². The van der Waals surface area contributed by atoms with Crippen LogP contribution in [0.15, 0.2) is 273 Å². The Kier molecular flexibility index (Phi) is 19.8. The van der Waals surface area contributed by atoms with E-state index in [2.05, 4.69) is 280 Å². The van der Waals surface area contributed by atoms with Crippen molar-refractivity contribution in [3.63, 3.8) is 0 Å². The summed E-state index contributed by atoms with van der Waals surface area (Å²) in [5, 5.41) is 12.6. The molecule has 9 rings (SSSR count). The first-order chi connectivity index (χ1) is 29.3. The second-order valence-electron chi connectivity index (χ2n) is 13.0. The van der Waals surface area contributed by atoms with Crippen LogP contribution >= 0.6 is 23.8 Å². The summed E-state index contributed by atoms with van der Waals surface area (Å²) < 4.78 is 7.50. The maximum atomic E-state index is 7.50. The molecule has 0 saturated heterocycles. The van der Waals surface area contributed by atoms with Gasteiger partial charge in [-0.25, -0.2) is 0 Å². The molecule has 0 saturated carbocycles. The molecule has 1 nitrogen and oxygen atoms in total. The molecular formula is C55H45IrOP3. The first-order valence-electron chi connectivity index (χ1n) is 19.4.